The minimum absolute atomic E-state index is 0.0201. The lowest BCUT2D eigenvalue weighted by molar-refractivity contribution is -0.142. The predicted molar refractivity (Wildman–Crippen MR) is 81.2 cm³/mol. The second kappa shape index (κ2) is 5.88. The molecule has 0 bridgehead atoms. The molecule has 1 aliphatic heterocycles. The van der Waals surface area contributed by atoms with Crippen molar-refractivity contribution < 1.29 is 14.7 Å². The fraction of sp³-hybridized carbons (Fsp3) is 0.529. The van der Waals surface area contributed by atoms with Gasteiger partial charge in [-0.05, 0) is 43.4 Å². The summed E-state index contributed by atoms with van der Waals surface area (Å²) in [5.74, 6) is -1.19. The normalized spacial score (nSPS) is 21.6. The van der Waals surface area contributed by atoms with Crippen LogP contribution in [0.1, 0.15) is 29.2 Å². The van der Waals surface area contributed by atoms with Crippen LogP contribution in [0.5, 0.6) is 0 Å². The van der Waals surface area contributed by atoms with Gasteiger partial charge in [-0.3, -0.25) is 9.59 Å². The Morgan fingerprint density at radius 1 is 1.19 bits per heavy atom. The van der Waals surface area contributed by atoms with Crippen LogP contribution in [0.3, 0.4) is 0 Å². The second-order valence-electron chi connectivity index (χ2n) is 6.27. The van der Waals surface area contributed by atoms with Crippen LogP contribution in [-0.4, -0.2) is 35.0 Å². The van der Waals surface area contributed by atoms with Gasteiger partial charge in [0, 0.05) is 13.1 Å². The van der Waals surface area contributed by atoms with Crippen molar-refractivity contribution in [2.24, 2.45) is 11.8 Å². The van der Waals surface area contributed by atoms with E-state index < -0.39 is 11.9 Å². The third kappa shape index (κ3) is 3.26. The average molecular weight is 289 g/mol. The first-order valence-corrected chi connectivity index (χ1v) is 7.37. The van der Waals surface area contributed by atoms with Gasteiger partial charge in [-0.2, -0.15) is 0 Å². The van der Waals surface area contributed by atoms with Crippen LogP contribution in [0, 0.1) is 32.6 Å². The molecule has 1 aromatic rings. The van der Waals surface area contributed by atoms with Crippen molar-refractivity contribution in [2.75, 3.05) is 13.1 Å². The highest BCUT2D eigenvalue weighted by atomic mass is 16.4. The van der Waals surface area contributed by atoms with Crippen molar-refractivity contribution in [3.63, 3.8) is 0 Å². The summed E-state index contributed by atoms with van der Waals surface area (Å²) in [5, 5.41) is 9.15. The highest BCUT2D eigenvalue weighted by Crippen LogP contribution is 2.25. The van der Waals surface area contributed by atoms with Gasteiger partial charge in [-0.1, -0.05) is 24.6 Å². The van der Waals surface area contributed by atoms with E-state index in [1.165, 1.54) is 5.56 Å². The van der Waals surface area contributed by atoms with Crippen molar-refractivity contribution in [3.05, 3.63) is 34.4 Å². The lowest BCUT2D eigenvalue weighted by Gasteiger charge is -2.18. The summed E-state index contributed by atoms with van der Waals surface area (Å²) in [6.07, 6.45) is 0.358. The zero-order chi connectivity index (χ0) is 15.7. The van der Waals surface area contributed by atoms with E-state index in [2.05, 4.69) is 12.1 Å². The van der Waals surface area contributed by atoms with Crippen LogP contribution in [0.2, 0.25) is 0 Å². The number of rotatable bonds is 3. The monoisotopic (exact) mass is 289 g/mol. The molecule has 1 amide bonds. The molecule has 1 N–H and O–H groups in total. The molecule has 4 nitrogen and oxygen atoms in total. The van der Waals surface area contributed by atoms with E-state index in [4.69, 9.17) is 5.11 Å². The maximum absolute atomic E-state index is 12.5. The molecule has 1 saturated heterocycles. The van der Waals surface area contributed by atoms with Crippen molar-refractivity contribution in [1.29, 1.82) is 0 Å². The van der Waals surface area contributed by atoms with Crippen LogP contribution >= 0.6 is 0 Å². The Morgan fingerprint density at radius 2 is 1.76 bits per heavy atom. The lowest BCUT2D eigenvalue weighted by atomic mass is 9.97. The molecule has 1 aromatic carbocycles. The Balaban J connectivity index is 2.11. The Morgan fingerprint density at radius 3 is 2.24 bits per heavy atom. The number of carboxylic acids is 1. The quantitative estimate of drug-likeness (QED) is 0.929. The van der Waals surface area contributed by atoms with Gasteiger partial charge in [0.05, 0.1) is 12.3 Å². The summed E-state index contributed by atoms with van der Waals surface area (Å²) in [4.78, 5) is 25.3. The fourth-order valence-corrected chi connectivity index (χ4v) is 3.24. The van der Waals surface area contributed by atoms with Crippen molar-refractivity contribution >= 4 is 11.9 Å². The average Bonchev–Trinajstić information content (AvgIpc) is 2.75. The van der Waals surface area contributed by atoms with Crippen LogP contribution in [0.15, 0.2) is 12.1 Å². The predicted octanol–water partition coefficient (Wildman–Crippen LogP) is 2.33. The van der Waals surface area contributed by atoms with Crippen molar-refractivity contribution in [3.8, 4) is 0 Å². The summed E-state index contributed by atoms with van der Waals surface area (Å²) in [5.41, 5.74) is 4.52. The smallest absolute Gasteiger partial charge is 0.308 e. The molecule has 0 aromatic heterocycles. The Hall–Kier alpha value is -1.84. The molecule has 4 heteroatoms. The number of aliphatic carboxylic acids is 1. The van der Waals surface area contributed by atoms with E-state index in [1.807, 2.05) is 27.7 Å². The van der Waals surface area contributed by atoms with E-state index in [9.17, 15) is 9.59 Å². The van der Waals surface area contributed by atoms with Crippen LogP contribution < -0.4 is 0 Å². The zero-order valence-corrected chi connectivity index (χ0v) is 13.1. The van der Waals surface area contributed by atoms with Gasteiger partial charge in [-0.25, -0.2) is 0 Å². The highest BCUT2D eigenvalue weighted by Gasteiger charge is 2.36. The van der Waals surface area contributed by atoms with Gasteiger partial charge >= 0.3 is 5.97 Å². The molecule has 21 heavy (non-hydrogen) atoms. The van der Waals surface area contributed by atoms with Crippen molar-refractivity contribution in [1.82, 2.24) is 4.90 Å². The Labute approximate surface area is 125 Å². The Bertz CT molecular complexity index is 556. The Kier molecular flexibility index (Phi) is 4.35. The molecule has 0 unspecified atom stereocenters. The van der Waals surface area contributed by atoms with E-state index in [-0.39, 0.29) is 11.8 Å². The first kappa shape index (κ1) is 15.5. The van der Waals surface area contributed by atoms with Gasteiger partial charge in [-0.15, -0.1) is 0 Å². The number of nitrogens with zero attached hydrogens (tertiary/aromatic N) is 1. The largest absolute Gasteiger partial charge is 0.481 e. The summed E-state index contributed by atoms with van der Waals surface area (Å²) in [7, 11) is 0. The first-order chi connectivity index (χ1) is 9.79. The number of hydrogen-bond acceptors (Lipinski definition) is 2. The molecule has 2 atom stereocenters. The summed E-state index contributed by atoms with van der Waals surface area (Å²) in [6.45, 7) is 8.86. The zero-order valence-electron chi connectivity index (χ0n) is 13.1. The van der Waals surface area contributed by atoms with E-state index in [1.54, 1.807) is 4.90 Å². The van der Waals surface area contributed by atoms with E-state index in [0.29, 0.717) is 19.5 Å². The summed E-state index contributed by atoms with van der Waals surface area (Å²) in [6, 6.07) is 4.17. The molecule has 0 spiro atoms. The number of hydrogen-bond donors (Lipinski definition) is 1. The maximum atomic E-state index is 12.5. The first-order valence-electron chi connectivity index (χ1n) is 7.37. The topological polar surface area (TPSA) is 57.6 Å². The number of aryl methyl sites for hydroxylation is 3. The number of benzene rings is 1. The van der Waals surface area contributed by atoms with Gasteiger partial charge in [0.25, 0.3) is 0 Å². The molecule has 1 heterocycles. The molecule has 0 aliphatic carbocycles. The van der Waals surface area contributed by atoms with Gasteiger partial charge in [0.15, 0.2) is 0 Å². The molecule has 0 saturated carbocycles. The van der Waals surface area contributed by atoms with E-state index >= 15 is 0 Å². The number of carbonyl (C=O) groups excluding carboxylic acids is 1. The number of likely N-dealkylation sites (tertiary alicyclic amines) is 1. The SMILES string of the molecule is Cc1cc(C)c(CC(=O)N2C[C@@H](C)[C@H](C(=O)O)C2)c(C)c1. The van der Waals surface area contributed by atoms with Gasteiger partial charge < -0.3 is 10.0 Å². The number of carboxylic acid groups (broad SMARTS) is 1. The van der Waals surface area contributed by atoms with Crippen LogP contribution in [0.25, 0.3) is 0 Å². The number of carbonyl (C=O) groups is 2. The molecule has 1 fully saturated rings. The lowest BCUT2D eigenvalue weighted by Crippen LogP contribution is -2.31. The minimum Gasteiger partial charge on any atom is -0.481 e. The third-order valence-corrected chi connectivity index (χ3v) is 4.45. The molecule has 0 radical (unpaired) electrons. The van der Waals surface area contributed by atoms with Gasteiger partial charge in [0.2, 0.25) is 5.91 Å². The maximum Gasteiger partial charge on any atom is 0.308 e. The molecule has 114 valence electrons. The minimum atomic E-state index is -0.805. The molecular formula is C17H23NO3. The van der Waals surface area contributed by atoms with Crippen LogP contribution in [-0.2, 0) is 16.0 Å². The standard InChI is InChI=1S/C17H23NO3/c1-10-5-11(2)14(12(3)6-10)7-16(19)18-8-13(4)15(9-18)17(20)21/h5-6,13,15H,7-9H2,1-4H3,(H,20,21)/t13-,15-/m1/s1. The highest BCUT2D eigenvalue weighted by molar-refractivity contribution is 5.81. The molecule has 1 aliphatic rings. The third-order valence-electron chi connectivity index (χ3n) is 4.45. The molecule has 2 rings (SSSR count). The second-order valence-corrected chi connectivity index (χ2v) is 6.27. The summed E-state index contributed by atoms with van der Waals surface area (Å²) < 4.78 is 0. The summed E-state index contributed by atoms with van der Waals surface area (Å²) >= 11 is 0. The van der Waals surface area contributed by atoms with Crippen LogP contribution in [0.4, 0.5) is 0 Å². The fourth-order valence-electron chi connectivity index (χ4n) is 3.24. The van der Waals surface area contributed by atoms with Crippen molar-refractivity contribution in [2.45, 2.75) is 34.1 Å². The van der Waals surface area contributed by atoms with E-state index in [0.717, 1.165) is 16.7 Å². The number of amides is 1. The van der Waals surface area contributed by atoms with Gasteiger partial charge in [0.1, 0.15) is 0 Å². The molecular weight excluding hydrogens is 266 g/mol.